The number of nitrogens with one attached hydrogen (secondary N) is 2. The number of pyridine rings is 1. The number of ether oxygens (including phenoxy) is 2. The Morgan fingerprint density at radius 2 is 1.86 bits per heavy atom. The number of para-hydroxylation sites is 1. The average Bonchev–Trinajstić information content (AvgIpc) is 2.77. The van der Waals surface area contributed by atoms with Crippen molar-refractivity contribution >= 4 is 17.3 Å². The number of nitriles is 1. The third kappa shape index (κ3) is 5.47. The Hall–Kier alpha value is -4.05. The minimum atomic E-state index is -0.305. The molecule has 0 saturated carbocycles. The lowest BCUT2D eigenvalue weighted by molar-refractivity contribution is 0.0942. The van der Waals surface area contributed by atoms with Crippen LogP contribution in [-0.4, -0.2) is 31.2 Å². The topological polar surface area (TPSA) is 96.3 Å². The number of aromatic nitrogens is 1. The molecule has 1 heterocycles. The fraction of sp³-hybridized carbons (Fsp3) is 0.136. The molecular weight excluding hydrogens is 368 g/mol. The van der Waals surface area contributed by atoms with Crippen molar-refractivity contribution in [1.82, 2.24) is 10.3 Å². The maximum Gasteiger partial charge on any atom is 0.270 e. The Balaban J connectivity index is 1.53. The zero-order chi connectivity index (χ0) is 20.5. The second kappa shape index (κ2) is 9.76. The van der Waals surface area contributed by atoms with Crippen molar-refractivity contribution in [2.45, 2.75) is 0 Å². The number of methoxy groups -OCH3 is 1. The molecule has 1 amide bonds. The number of amides is 1. The van der Waals surface area contributed by atoms with Crippen LogP contribution in [0.2, 0.25) is 0 Å². The summed E-state index contributed by atoms with van der Waals surface area (Å²) in [5.74, 6) is 1.14. The third-order valence-electron chi connectivity index (χ3n) is 4.03. The molecule has 1 aromatic heterocycles. The molecule has 7 heteroatoms. The van der Waals surface area contributed by atoms with Crippen molar-refractivity contribution in [3.8, 4) is 17.6 Å². The van der Waals surface area contributed by atoms with Crippen LogP contribution in [0.4, 0.5) is 11.4 Å². The molecule has 0 fully saturated rings. The second-order valence-corrected chi connectivity index (χ2v) is 5.99. The molecule has 0 bridgehead atoms. The predicted octanol–water partition coefficient (Wildman–Crippen LogP) is 3.51. The molecule has 0 aliphatic rings. The smallest absolute Gasteiger partial charge is 0.270 e. The van der Waals surface area contributed by atoms with Crippen LogP contribution in [0.25, 0.3) is 0 Å². The first kappa shape index (κ1) is 19.7. The molecule has 7 nitrogen and oxygen atoms in total. The van der Waals surface area contributed by atoms with Gasteiger partial charge in [0.15, 0.2) is 0 Å². The number of carbonyl (C=O) groups is 1. The van der Waals surface area contributed by atoms with Gasteiger partial charge in [-0.1, -0.05) is 12.1 Å². The minimum absolute atomic E-state index is 0.272. The molecule has 0 saturated heterocycles. The number of carbonyl (C=O) groups excluding carboxylic acids is 1. The van der Waals surface area contributed by atoms with E-state index in [1.54, 1.807) is 67.9 Å². The van der Waals surface area contributed by atoms with Gasteiger partial charge in [0.05, 0.1) is 24.9 Å². The van der Waals surface area contributed by atoms with Crippen LogP contribution in [0.3, 0.4) is 0 Å². The van der Waals surface area contributed by atoms with Crippen LogP contribution in [-0.2, 0) is 0 Å². The van der Waals surface area contributed by atoms with E-state index in [-0.39, 0.29) is 11.6 Å². The summed E-state index contributed by atoms with van der Waals surface area (Å²) in [7, 11) is 1.60. The van der Waals surface area contributed by atoms with Gasteiger partial charge in [-0.25, -0.2) is 0 Å². The van der Waals surface area contributed by atoms with Gasteiger partial charge in [0.25, 0.3) is 5.91 Å². The molecular formula is C22H20N4O3. The first-order chi connectivity index (χ1) is 14.2. The van der Waals surface area contributed by atoms with Crippen LogP contribution in [0.1, 0.15) is 16.1 Å². The van der Waals surface area contributed by atoms with E-state index in [0.717, 1.165) is 5.75 Å². The standard InChI is InChI=1S/C22H20N4O3/c1-28-18-6-8-19(9-7-18)29-13-12-25-22(27)21-14-17(10-11-24-21)26-20-5-3-2-4-16(20)15-23/h2-11,14H,12-13H2,1H3,(H,24,26)(H,25,27). The summed E-state index contributed by atoms with van der Waals surface area (Å²) < 4.78 is 10.7. The Bertz CT molecular complexity index is 1010. The number of rotatable bonds is 8. The second-order valence-electron chi connectivity index (χ2n) is 5.99. The fourth-order valence-electron chi connectivity index (χ4n) is 2.57. The summed E-state index contributed by atoms with van der Waals surface area (Å²) in [5.41, 5.74) is 2.13. The monoisotopic (exact) mass is 388 g/mol. The highest BCUT2D eigenvalue weighted by atomic mass is 16.5. The third-order valence-corrected chi connectivity index (χ3v) is 4.03. The maximum atomic E-state index is 12.3. The Morgan fingerprint density at radius 3 is 2.62 bits per heavy atom. The van der Waals surface area contributed by atoms with E-state index in [1.807, 2.05) is 6.07 Å². The highest BCUT2D eigenvalue weighted by Crippen LogP contribution is 2.20. The van der Waals surface area contributed by atoms with Crippen LogP contribution in [0.5, 0.6) is 11.5 Å². The molecule has 0 unspecified atom stereocenters. The van der Waals surface area contributed by atoms with E-state index in [9.17, 15) is 10.1 Å². The number of hydrogen-bond acceptors (Lipinski definition) is 6. The number of hydrogen-bond donors (Lipinski definition) is 2. The number of nitrogens with zero attached hydrogens (tertiary/aromatic N) is 2. The van der Waals surface area contributed by atoms with Gasteiger partial charge in [-0.05, 0) is 48.5 Å². The van der Waals surface area contributed by atoms with Gasteiger partial charge < -0.3 is 20.1 Å². The number of anilines is 2. The van der Waals surface area contributed by atoms with Crippen LogP contribution in [0, 0.1) is 11.3 Å². The minimum Gasteiger partial charge on any atom is -0.497 e. The zero-order valence-corrected chi connectivity index (χ0v) is 15.9. The molecule has 0 spiro atoms. The molecule has 0 aliphatic carbocycles. The van der Waals surface area contributed by atoms with Crippen molar-refractivity contribution < 1.29 is 14.3 Å². The van der Waals surface area contributed by atoms with E-state index >= 15 is 0 Å². The van der Waals surface area contributed by atoms with Crippen molar-refractivity contribution in [2.24, 2.45) is 0 Å². The van der Waals surface area contributed by atoms with E-state index in [0.29, 0.717) is 35.8 Å². The fourth-order valence-corrected chi connectivity index (χ4v) is 2.57. The van der Waals surface area contributed by atoms with E-state index in [4.69, 9.17) is 9.47 Å². The number of benzene rings is 2. The Labute approximate surface area is 168 Å². The summed E-state index contributed by atoms with van der Waals surface area (Å²) in [4.78, 5) is 16.4. The summed E-state index contributed by atoms with van der Waals surface area (Å²) in [6.07, 6.45) is 1.54. The summed E-state index contributed by atoms with van der Waals surface area (Å²) in [5, 5.41) is 15.1. The van der Waals surface area contributed by atoms with Crippen molar-refractivity contribution in [3.05, 3.63) is 78.1 Å². The van der Waals surface area contributed by atoms with Crippen molar-refractivity contribution in [3.63, 3.8) is 0 Å². The molecule has 146 valence electrons. The SMILES string of the molecule is COc1ccc(OCCNC(=O)c2cc(Nc3ccccc3C#N)ccn2)cc1. The molecule has 2 aromatic carbocycles. The Morgan fingerprint density at radius 1 is 1.10 bits per heavy atom. The van der Waals surface area contributed by atoms with Crippen molar-refractivity contribution in [1.29, 1.82) is 5.26 Å². The Kier molecular flexibility index (Phi) is 6.63. The lowest BCUT2D eigenvalue weighted by Crippen LogP contribution is -2.28. The van der Waals surface area contributed by atoms with Gasteiger partial charge in [0, 0.05) is 11.9 Å². The van der Waals surface area contributed by atoms with Crippen LogP contribution >= 0.6 is 0 Å². The van der Waals surface area contributed by atoms with Gasteiger partial charge in [-0.15, -0.1) is 0 Å². The normalized spacial score (nSPS) is 9.93. The summed E-state index contributed by atoms with van der Waals surface area (Å²) >= 11 is 0. The lowest BCUT2D eigenvalue weighted by Gasteiger charge is -2.10. The maximum absolute atomic E-state index is 12.3. The molecule has 0 radical (unpaired) electrons. The molecule has 0 aliphatic heterocycles. The first-order valence-electron chi connectivity index (χ1n) is 8.97. The molecule has 29 heavy (non-hydrogen) atoms. The highest BCUT2D eigenvalue weighted by Gasteiger charge is 2.09. The van der Waals surface area contributed by atoms with Gasteiger partial charge in [-0.3, -0.25) is 9.78 Å². The predicted molar refractivity (Wildman–Crippen MR) is 109 cm³/mol. The van der Waals surface area contributed by atoms with Crippen molar-refractivity contribution in [2.75, 3.05) is 25.6 Å². The quantitative estimate of drug-likeness (QED) is 0.573. The van der Waals surface area contributed by atoms with Gasteiger partial charge in [0.2, 0.25) is 0 Å². The van der Waals surface area contributed by atoms with Crippen LogP contribution < -0.4 is 20.1 Å². The molecule has 0 atom stereocenters. The molecule has 3 rings (SSSR count). The van der Waals surface area contributed by atoms with E-state index in [1.165, 1.54) is 0 Å². The van der Waals surface area contributed by atoms with E-state index < -0.39 is 0 Å². The molecule has 2 N–H and O–H groups in total. The summed E-state index contributed by atoms with van der Waals surface area (Å²) in [6.45, 7) is 0.660. The molecule has 3 aromatic rings. The van der Waals surface area contributed by atoms with Gasteiger partial charge in [-0.2, -0.15) is 5.26 Å². The van der Waals surface area contributed by atoms with Gasteiger partial charge in [0.1, 0.15) is 29.9 Å². The zero-order valence-electron chi connectivity index (χ0n) is 15.9. The lowest BCUT2D eigenvalue weighted by atomic mass is 10.2. The summed E-state index contributed by atoms with van der Waals surface area (Å²) in [6, 6.07) is 19.9. The largest absolute Gasteiger partial charge is 0.497 e. The van der Waals surface area contributed by atoms with E-state index in [2.05, 4.69) is 21.7 Å². The first-order valence-corrected chi connectivity index (χ1v) is 8.97. The highest BCUT2D eigenvalue weighted by molar-refractivity contribution is 5.93. The van der Waals surface area contributed by atoms with Crippen LogP contribution in [0.15, 0.2) is 66.9 Å². The van der Waals surface area contributed by atoms with Gasteiger partial charge >= 0.3 is 0 Å². The average molecular weight is 388 g/mol.